The lowest BCUT2D eigenvalue weighted by atomic mass is 9.93. The zero-order chi connectivity index (χ0) is 15.9. The van der Waals surface area contributed by atoms with Crippen molar-refractivity contribution in [2.45, 2.75) is 25.4 Å². The predicted octanol–water partition coefficient (Wildman–Crippen LogP) is 2.00. The molecule has 0 bridgehead atoms. The van der Waals surface area contributed by atoms with E-state index in [1.165, 1.54) is 13.2 Å². The molecule has 22 heavy (non-hydrogen) atoms. The van der Waals surface area contributed by atoms with Gasteiger partial charge < -0.3 is 14.8 Å². The molecule has 1 fully saturated rings. The zero-order valence-corrected chi connectivity index (χ0v) is 12.8. The molecule has 1 aliphatic rings. The molecule has 118 valence electrons. The van der Waals surface area contributed by atoms with Gasteiger partial charge in [-0.2, -0.15) is 0 Å². The van der Waals surface area contributed by atoms with Gasteiger partial charge in [-0.3, -0.25) is 4.79 Å². The average molecular weight is 303 g/mol. The summed E-state index contributed by atoms with van der Waals surface area (Å²) in [5.74, 6) is -0.889. The van der Waals surface area contributed by atoms with Crippen molar-refractivity contribution in [3.05, 3.63) is 48.0 Å². The number of rotatable bonds is 5. The normalized spacial score (nSPS) is 24.4. The van der Waals surface area contributed by atoms with Crippen LogP contribution in [-0.4, -0.2) is 31.7 Å². The summed E-state index contributed by atoms with van der Waals surface area (Å²) in [5.41, 5.74) is 1.03. The number of hydrogen-bond acceptors (Lipinski definition) is 5. The third-order valence-corrected chi connectivity index (χ3v) is 3.72. The fourth-order valence-corrected chi connectivity index (χ4v) is 2.72. The second kappa shape index (κ2) is 7.75. The molecule has 5 nitrogen and oxygen atoms in total. The molecule has 1 N–H and O–H groups in total. The Hall–Kier alpha value is -2.14. The molecule has 0 aromatic heterocycles. The fraction of sp³-hybridized carbons (Fsp3) is 0.412. The number of esters is 2. The summed E-state index contributed by atoms with van der Waals surface area (Å²) in [6, 6.07) is 9.57. The van der Waals surface area contributed by atoms with E-state index in [0.29, 0.717) is 13.0 Å². The second-order valence-electron chi connectivity index (χ2n) is 5.14. The molecule has 0 saturated carbocycles. The van der Waals surface area contributed by atoms with Crippen LogP contribution in [0.15, 0.2) is 42.5 Å². The summed E-state index contributed by atoms with van der Waals surface area (Å²) in [6.07, 6.45) is 3.74. The Morgan fingerprint density at radius 1 is 1.32 bits per heavy atom. The largest absolute Gasteiger partial charge is 0.469 e. The number of nitrogens with one attached hydrogen (secondary N) is 1. The van der Waals surface area contributed by atoms with E-state index in [0.717, 1.165) is 5.56 Å². The van der Waals surface area contributed by atoms with Crippen LogP contribution in [0.1, 0.15) is 24.9 Å². The summed E-state index contributed by atoms with van der Waals surface area (Å²) in [4.78, 5) is 23.4. The lowest BCUT2D eigenvalue weighted by Gasteiger charge is -2.17. The minimum atomic E-state index is -0.373. The summed E-state index contributed by atoms with van der Waals surface area (Å²) in [7, 11) is 1.40. The molecule has 1 aromatic rings. The molecule has 1 aromatic carbocycles. The van der Waals surface area contributed by atoms with Crippen molar-refractivity contribution < 1.29 is 19.1 Å². The highest BCUT2D eigenvalue weighted by atomic mass is 16.5. The van der Waals surface area contributed by atoms with Crippen LogP contribution in [0.4, 0.5) is 0 Å². The third-order valence-electron chi connectivity index (χ3n) is 3.72. The van der Waals surface area contributed by atoms with Crippen molar-refractivity contribution in [1.82, 2.24) is 5.32 Å². The van der Waals surface area contributed by atoms with Gasteiger partial charge in [0.15, 0.2) is 0 Å². The smallest absolute Gasteiger partial charge is 0.330 e. The topological polar surface area (TPSA) is 64.6 Å². The molecule has 3 atom stereocenters. The Balaban J connectivity index is 2.11. The minimum Gasteiger partial charge on any atom is -0.469 e. The number of carbonyl (C=O) groups excluding carboxylic acids is 2. The Labute approximate surface area is 130 Å². The first kappa shape index (κ1) is 16.2. The number of benzene rings is 1. The standard InChI is InChI=1S/C17H21NO4/c1-3-22-15(19)10-9-13-11-14(17(20)21-2)16(18-13)12-7-5-4-6-8-12/h4-10,13-14,16,18H,3,11H2,1-2H3/b10-9+/t13-,14+,16+/m0/s1. The molecular formula is C17H21NO4. The van der Waals surface area contributed by atoms with Gasteiger partial charge in [0.05, 0.1) is 19.6 Å². The van der Waals surface area contributed by atoms with Gasteiger partial charge in [0, 0.05) is 18.2 Å². The van der Waals surface area contributed by atoms with Gasteiger partial charge in [-0.05, 0) is 18.9 Å². The van der Waals surface area contributed by atoms with Crippen molar-refractivity contribution in [3.63, 3.8) is 0 Å². The first-order chi connectivity index (χ1) is 10.7. The van der Waals surface area contributed by atoms with E-state index in [-0.39, 0.29) is 29.9 Å². The van der Waals surface area contributed by atoms with Gasteiger partial charge in [-0.15, -0.1) is 0 Å². The lowest BCUT2D eigenvalue weighted by molar-refractivity contribution is -0.145. The highest BCUT2D eigenvalue weighted by Gasteiger charge is 2.38. The molecule has 0 aliphatic carbocycles. The summed E-state index contributed by atoms with van der Waals surface area (Å²) in [6.45, 7) is 2.11. The van der Waals surface area contributed by atoms with Crippen molar-refractivity contribution in [3.8, 4) is 0 Å². The molecule has 0 spiro atoms. The van der Waals surface area contributed by atoms with E-state index in [1.54, 1.807) is 13.0 Å². The third kappa shape index (κ3) is 3.95. The van der Waals surface area contributed by atoms with Crippen LogP contribution < -0.4 is 5.32 Å². The minimum absolute atomic E-state index is 0.0706. The molecular weight excluding hydrogens is 282 g/mol. The molecule has 1 saturated heterocycles. The maximum absolute atomic E-state index is 12.0. The summed E-state index contributed by atoms with van der Waals surface area (Å²) < 4.78 is 9.77. The second-order valence-corrected chi connectivity index (χ2v) is 5.14. The van der Waals surface area contributed by atoms with Crippen molar-refractivity contribution in [2.24, 2.45) is 5.92 Å². The first-order valence-corrected chi connectivity index (χ1v) is 7.39. The van der Waals surface area contributed by atoms with Crippen LogP contribution >= 0.6 is 0 Å². The van der Waals surface area contributed by atoms with Gasteiger partial charge in [0.1, 0.15) is 0 Å². The van der Waals surface area contributed by atoms with E-state index in [1.807, 2.05) is 30.3 Å². The first-order valence-electron chi connectivity index (χ1n) is 7.39. The van der Waals surface area contributed by atoms with E-state index in [9.17, 15) is 9.59 Å². The van der Waals surface area contributed by atoms with Crippen LogP contribution in [0.3, 0.4) is 0 Å². The van der Waals surface area contributed by atoms with Crippen molar-refractivity contribution >= 4 is 11.9 Å². The van der Waals surface area contributed by atoms with Crippen molar-refractivity contribution in [1.29, 1.82) is 0 Å². The van der Waals surface area contributed by atoms with Gasteiger partial charge in [-0.25, -0.2) is 4.79 Å². The molecule has 0 amide bonds. The predicted molar refractivity (Wildman–Crippen MR) is 82.0 cm³/mol. The van der Waals surface area contributed by atoms with E-state index >= 15 is 0 Å². The highest BCUT2D eigenvalue weighted by Crippen LogP contribution is 2.33. The Kier molecular flexibility index (Phi) is 5.72. The molecule has 2 rings (SSSR count). The van der Waals surface area contributed by atoms with E-state index in [2.05, 4.69) is 5.32 Å². The monoisotopic (exact) mass is 303 g/mol. The van der Waals surface area contributed by atoms with Crippen LogP contribution in [0.5, 0.6) is 0 Å². The molecule has 5 heteroatoms. The number of hydrogen-bond donors (Lipinski definition) is 1. The molecule has 1 heterocycles. The number of carbonyl (C=O) groups is 2. The molecule has 0 radical (unpaired) electrons. The van der Waals surface area contributed by atoms with Gasteiger partial charge in [0.25, 0.3) is 0 Å². The zero-order valence-electron chi connectivity index (χ0n) is 12.8. The van der Waals surface area contributed by atoms with Crippen molar-refractivity contribution in [2.75, 3.05) is 13.7 Å². The average Bonchev–Trinajstić information content (AvgIpc) is 2.97. The van der Waals surface area contributed by atoms with Crippen LogP contribution in [-0.2, 0) is 19.1 Å². The van der Waals surface area contributed by atoms with Gasteiger partial charge >= 0.3 is 11.9 Å². The van der Waals surface area contributed by atoms with E-state index in [4.69, 9.17) is 9.47 Å². The lowest BCUT2D eigenvalue weighted by Crippen LogP contribution is -2.26. The van der Waals surface area contributed by atoms with Crippen LogP contribution in [0.25, 0.3) is 0 Å². The highest BCUT2D eigenvalue weighted by molar-refractivity contribution is 5.82. The van der Waals surface area contributed by atoms with Crippen LogP contribution in [0.2, 0.25) is 0 Å². The Bertz CT molecular complexity index is 541. The van der Waals surface area contributed by atoms with Gasteiger partial charge in [-0.1, -0.05) is 36.4 Å². The fourth-order valence-electron chi connectivity index (χ4n) is 2.72. The Morgan fingerprint density at radius 3 is 2.68 bits per heavy atom. The summed E-state index contributed by atoms with van der Waals surface area (Å²) in [5, 5.41) is 3.37. The maximum Gasteiger partial charge on any atom is 0.330 e. The molecule has 0 unspecified atom stereocenters. The molecule has 1 aliphatic heterocycles. The van der Waals surface area contributed by atoms with E-state index < -0.39 is 0 Å². The number of methoxy groups -OCH3 is 1. The SMILES string of the molecule is CCOC(=O)/C=C/[C@H]1C[C@@H](C(=O)OC)[C@@H](c2ccccc2)N1. The van der Waals surface area contributed by atoms with Crippen LogP contribution in [0, 0.1) is 5.92 Å². The quantitative estimate of drug-likeness (QED) is 0.666. The Morgan fingerprint density at radius 2 is 2.05 bits per heavy atom. The van der Waals surface area contributed by atoms with Gasteiger partial charge in [0.2, 0.25) is 0 Å². The summed E-state index contributed by atoms with van der Waals surface area (Å²) >= 11 is 0. The number of ether oxygens (including phenoxy) is 2. The maximum atomic E-state index is 12.0.